The highest BCUT2D eigenvalue weighted by Crippen LogP contribution is 2.30. The maximum Gasteiger partial charge on any atom is 0.303 e. The fraction of sp³-hybridized carbons (Fsp3) is 0.667. The molecule has 0 N–H and O–H groups in total. The largest absolute Gasteiger partial charge is 0.462 e. The topological polar surface area (TPSA) is 138 Å². The van der Waals surface area contributed by atoms with E-state index in [0.29, 0.717) is 0 Å². The SMILES string of the molecule is CC(=O)OC[C@@H](OC(C)=O)[C@@H]1O[C@@H](C#N)[C@H](OC(C)=O)[C@H]1OC(C)=O. The van der Waals surface area contributed by atoms with E-state index < -0.39 is 54.4 Å². The number of esters is 4. The third kappa shape index (κ3) is 6.04. The van der Waals surface area contributed by atoms with Crippen molar-refractivity contribution < 1.29 is 42.9 Å². The fourth-order valence-corrected chi connectivity index (χ4v) is 2.34. The lowest BCUT2D eigenvalue weighted by atomic mass is 10.0. The number of rotatable bonds is 6. The molecule has 1 saturated heterocycles. The van der Waals surface area contributed by atoms with Crippen LogP contribution in [0.25, 0.3) is 0 Å². The summed E-state index contributed by atoms with van der Waals surface area (Å²) in [5.74, 6) is -2.77. The Labute approximate surface area is 143 Å². The molecular formula is C15H19NO9. The second-order valence-electron chi connectivity index (χ2n) is 5.25. The lowest BCUT2D eigenvalue weighted by Gasteiger charge is -2.27. The third-order valence-electron chi connectivity index (χ3n) is 3.12. The van der Waals surface area contributed by atoms with Gasteiger partial charge in [0.1, 0.15) is 12.7 Å². The zero-order valence-electron chi connectivity index (χ0n) is 14.2. The van der Waals surface area contributed by atoms with Crippen LogP contribution < -0.4 is 0 Å². The Morgan fingerprint density at radius 3 is 1.96 bits per heavy atom. The lowest BCUT2D eigenvalue weighted by molar-refractivity contribution is -0.176. The minimum Gasteiger partial charge on any atom is -0.462 e. The molecule has 0 amide bonds. The molecule has 138 valence electrons. The van der Waals surface area contributed by atoms with Crippen molar-refractivity contribution in [2.75, 3.05) is 6.61 Å². The average Bonchev–Trinajstić information content (AvgIpc) is 2.79. The van der Waals surface area contributed by atoms with Crippen molar-refractivity contribution in [1.82, 2.24) is 0 Å². The van der Waals surface area contributed by atoms with Gasteiger partial charge < -0.3 is 23.7 Å². The van der Waals surface area contributed by atoms with Crippen LogP contribution in [0.3, 0.4) is 0 Å². The highest BCUT2D eigenvalue weighted by molar-refractivity contribution is 5.68. The standard InChI is InChI=1S/C15H19NO9/c1-7(17)21-6-12(22-8(2)18)14-15(24-10(4)20)13(23-9(3)19)11(5-16)25-14/h11-15H,6H2,1-4H3/t11-,12+,13-,14-,15+/m0/s1. The summed E-state index contributed by atoms with van der Waals surface area (Å²) >= 11 is 0. The van der Waals surface area contributed by atoms with Crippen LogP contribution in [0.2, 0.25) is 0 Å². The predicted molar refractivity (Wildman–Crippen MR) is 77.6 cm³/mol. The molecule has 0 saturated carbocycles. The lowest BCUT2D eigenvalue weighted by Crippen LogP contribution is -2.46. The number of nitrogens with zero attached hydrogens (tertiary/aromatic N) is 1. The van der Waals surface area contributed by atoms with Crippen LogP contribution in [0, 0.1) is 11.3 Å². The molecule has 25 heavy (non-hydrogen) atoms. The molecule has 1 heterocycles. The van der Waals surface area contributed by atoms with Gasteiger partial charge in [-0.2, -0.15) is 5.26 Å². The Morgan fingerprint density at radius 2 is 1.52 bits per heavy atom. The van der Waals surface area contributed by atoms with Crippen molar-refractivity contribution in [2.45, 2.75) is 58.2 Å². The molecule has 0 aromatic carbocycles. The van der Waals surface area contributed by atoms with Crippen molar-refractivity contribution in [2.24, 2.45) is 0 Å². The van der Waals surface area contributed by atoms with Gasteiger partial charge >= 0.3 is 23.9 Å². The fourth-order valence-electron chi connectivity index (χ4n) is 2.34. The molecule has 0 unspecified atom stereocenters. The van der Waals surface area contributed by atoms with Crippen molar-refractivity contribution in [3.8, 4) is 6.07 Å². The van der Waals surface area contributed by atoms with Crippen molar-refractivity contribution in [3.05, 3.63) is 0 Å². The monoisotopic (exact) mass is 357 g/mol. The Hall–Kier alpha value is -2.67. The van der Waals surface area contributed by atoms with Gasteiger partial charge in [0.15, 0.2) is 24.4 Å². The van der Waals surface area contributed by atoms with E-state index in [1.54, 1.807) is 6.07 Å². The van der Waals surface area contributed by atoms with Crippen LogP contribution in [0.5, 0.6) is 0 Å². The summed E-state index contributed by atoms with van der Waals surface area (Å²) in [5.41, 5.74) is 0. The van der Waals surface area contributed by atoms with Crippen molar-refractivity contribution in [3.63, 3.8) is 0 Å². The number of carbonyl (C=O) groups is 4. The third-order valence-corrected chi connectivity index (χ3v) is 3.12. The summed E-state index contributed by atoms with van der Waals surface area (Å²) in [6.45, 7) is 4.14. The minimum absolute atomic E-state index is 0.387. The Morgan fingerprint density at radius 1 is 0.960 bits per heavy atom. The number of carbonyl (C=O) groups excluding carboxylic acids is 4. The highest BCUT2D eigenvalue weighted by Gasteiger charge is 2.53. The summed E-state index contributed by atoms with van der Waals surface area (Å²) in [6, 6.07) is 1.79. The van der Waals surface area contributed by atoms with E-state index in [4.69, 9.17) is 23.7 Å². The van der Waals surface area contributed by atoms with Gasteiger partial charge in [-0.05, 0) is 0 Å². The first-order valence-corrected chi connectivity index (χ1v) is 7.35. The Bertz CT molecular complexity index is 582. The van der Waals surface area contributed by atoms with Gasteiger partial charge in [0.2, 0.25) is 0 Å². The Kier molecular flexibility index (Phi) is 7.32. The highest BCUT2D eigenvalue weighted by atomic mass is 16.7. The number of ether oxygens (including phenoxy) is 5. The summed E-state index contributed by atoms with van der Waals surface area (Å²) in [7, 11) is 0. The van der Waals surface area contributed by atoms with E-state index in [2.05, 4.69) is 0 Å². The van der Waals surface area contributed by atoms with Crippen LogP contribution in [0.4, 0.5) is 0 Å². The number of nitriles is 1. The van der Waals surface area contributed by atoms with E-state index in [1.807, 2.05) is 0 Å². The van der Waals surface area contributed by atoms with Crippen LogP contribution >= 0.6 is 0 Å². The van der Waals surface area contributed by atoms with Gasteiger partial charge in [-0.25, -0.2) is 0 Å². The molecule has 0 aromatic heterocycles. The van der Waals surface area contributed by atoms with Gasteiger partial charge in [-0.15, -0.1) is 0 Å². The minimum atomic E-state index is -1.26. The van der Waals surface area contributed by atoms with Gasteiger partial charge in [-0.1, -0.05) is 0 Å². The van der Waals surface area contributed by atoms with Gasteiger partial charge in [0, 0.05) is 27.7 Å². The first-order chi connectivity index (χ1) is 11.6. The van der Waals surface area contributed by atoms with Crippen molar-refractivity contribution >= 4 is 23.9 Å². The zero-order valence-corrected chi connectivity index (χ0v) is 14.2. The summed E-state index contributed by atoms with van der Waals surface area (Å²) in [5, 5.41) is 9.20. The molecule has 1 aliphatic rings. The first kappa shape index (κ1) is 20.4. The van der Waals surface area contributed by atoms with Crippen LogP contribution in [-0.2, 0) is 42.9 Å². The molecule has 10 heteroatoms. The first-order valence-electron chi connectivity index (χ1n) is 7.35. The molecule has 0 bridgehead atoms. The van der Waals surface area contributed by atoms with Crippen molar-refractivity contribution in [1.29, 1.82) is 5.26 Å². The van der Waals surface area contributed by atoms with Crippen LogP contribution in [0.1, 0.15) is 27.7 Å². The molecule has 0 radical (unpaired) electrons. The molecule has 10 nitrogen and oxygen atoms in total. The Balaban J connectivity index is 3.13. The van der Waals surface area contributed by atoms with E-state index >= 15 is 0 Å². The van der Waals surface area contributed by atoms with E-state index in [9.17, 15) is 24.4 Å². The number of hydrogen-bond donors (Lipinski definition) is 0. The normalized spacial score (nSPS) is 26.0. The smallest absolute Gasteiger partial charge is 0.303 e. The molecule has 1 fully saturated rings. The molecule has 1 aliphatic heterocycles. The predicted octanol–water partition coefficient (Wildman–Crippen LogP) is -0.364. The van der Waals surface area contributed by atoms with E-state index in [1.165, 1.54) is 0 Å². The molecule has 0 aliphatic carbocycles. The zero-order chi connectivity index (χ0) is 19.1. The second-order valence-corrected chi connectivity index (χ2v) is 5.25. The van der Waals surface area contributed by atoms with Gasteiger partial charge in [-0.3, -0.25) is 19.2 Å². The maximum absolute atomic E-state index is 11.4. The summed E-state index contributed by atoms with van der Waals surface area (Å²) in [4.78, 5) is 45.0. The molecule has 5 atom stereocenters. The molecule has 0 spiro atoms. The maximum atomic E-state index is 11.4. The van der Waals surface area contributed by atoms with Gasteiger partial charge in [0.05, 0.1) is 6.07 Å². The van der Waals surface area contributed by atoms with Crippen LogP contribution in [0.15, 0.2) is 0 Å². The van der Waals surface area contributed by atoms with Crippen LogP contribution in [-0.4, -0.2) is 61.0 Å². The van der Waals surface area contributed by atoms with E-state index in [0.717, 1.165) is 27.7 Å². The summed E-state index contributed by atoms with van der Waals surface area (Å²) < 4.78 is 25.5. The summed E-state index contributed by atoms with van der Waals surface area (Å²) in [6.07, 6.45) is -6.02. The second kappa shape index (κ2) is 8.98. The molecular weight excluding hydrogens is 338 g/mol. The molecule has 0 aromatic rings. The molecule has 1 rings (SSSR count). The number of hydrogen-bond acceptors (Lipinski definition) is 10. The van der Waals surface area contributed by atoms with Gasteiger partial charge in [0.25, 0.3) is 0 Å². The quantitative estimate of drug-likeness (QED) is 0.457. The average molecular weight is 357 g/mol. The van der Waals surface area contributed by atoms with E-state index in [-0.39, 0.29) is 6.61 Å².